The van der Waals surface area contributed by atoms with Crippen molar-refractivity contribution in [3.05, 3.63) is 47.9 Å². The number of amides is 1. The molecule has 3 rings (SSSR count). The number of rotatable bonds is 4. The lowest BCUT2D eigenvalue weighted by atomic mass is 9.93. The van der Waals surface area contributed by atoms with E-state index in [2.05, 4.69) is 20.5 Å². The standard InChI is InChI=1S/C17H21N5O/c1-18-16-7-6-15(20-21-16)10-13-4-3-9-22(12-13)17(23)14-5-2-8-19-11-14/h2,5-8,11,13H,3-4,9-10,12H2,1H3,(H,18,21)/t13-/m0/s1. The molecule has 0 unspecified atom stereocenters. The van der Waals surface area contributed by atoms with Crippen LogP contribution in [0.5, 0.6) is 0 Å². The summed E-state index contributed by atoms with van der Waals surface area (Å²) in [6.07, 6.45) is 6.32. The van der Waals surface area contributed by atoms with E-state index >= 15 is 0 Å². The normalized spacial score (nSPS) is 17.8. The number of carbonyl (C=O) groups is 1. The van der Waals surface area contributed by atoms with Crippen molar-refractivity contribution in [3.8, 4) is 0 Å². The zero-order valence-electron chi connectivity index (χ0n) is 13.3. The molecular weight excluding hydrogens is 290 g/mol. The summed E-state index contributed by atoms with van der Waals surface area (Å²) < 4.78 is 0. The number of carbonyl (C=O) groups excluding carboxylic acids is 1. The van der Waals surface area contributed by atoms with Gasteiger partial charge in [-0.1, -0.05) is 0 Å². The number of likely N-dealkylation sites (tertiary alicyclic amines) is 1. The van der Waals surface area contributed by atoms with Crippen molar-refractivity contribution in [1.29, 1.82) is 0 Å². The van der Waals surface area contributed by atoms with Gasteiger partial charge in [-0.25, -0.2) is 0 Å². The second kappa shape index (κ2) is 7.17. The van der Waals surface area contributed by atoms with Gasteiger partial charge < -0.3 is 10.2 Å². The number of nitrogens with one attached hydrogen (secondary N) is 1. The average molecular weight is 311 g/mol. The van der Waals surface area contributed by atoms with Gasteiger partial charge in [-0.3, -0.25) is 9.78 Å². The number of piperidine rings is 1. The molecule has 2 aromatic rings. The summed E-state index contributed by atoms with van der Waals surface area (Å²) >= 11 is 0. The second-order valence-corrected chi connectivity index (χ2v) is 5.87. The first-order valence-electron chi connectivity index (χ1n) is 7.96. The first-order valence-corrected chi connectivity index (χ1v) is 7.96. The molecule has 1 fully saturated rings. The van der Waals surface area contributed by atoms with Crippen LogP contribution >= 0.6 is 0 Å². The van der Waals surface area contributed by atoms with Crippen molar-refractivity contribution >= 4 is 11.7 Å². The highest BCUT2D eigenvalue weighted by molar-refractivity contribution is 5.93. The van der Waals surface area contributed by atoms with E-state index in [4.69, 9.17) is 0 Å². The highest BCUT2D eigenvalue weighted by atomic mass is 16.2. The predicted octanol–water partition coefficient (Wildman–Crippen LogP) is 2.01. The third-order valence-corrected chi connectivity index (χ3v) is 4.19. The molecule has 120 valence electrons. The van der Waals surface area contributed by atoms with Crippen LogP contribution in [-0.4, -0.2) is 46.1 Å². The molecule has 23 heavy (non-hydrogen) atoms. The van der Waals surface area contributed by atoms with E-state index in [-0.39, 0.29) is 5.91 Å². The summed E-state index contributed by atoms with van der Waals surface area (Å²) in [7, 11) is 1.83. The van der Waals surface area contributed by atoms with E-state index in [9.17, 15) is 4.79 Å². The Bertz CT molecular complexity index is 644. The molecule has 0 spiro atoms. The maximum atomic E-state index is 12.5. The van der Waals surface area contributed by atoms with Crippen molar-refractivity contribution in [2.24, 2.45) is 5.92 Å². The number of nitrogens with zero attached hydrogens (tertiary/aromatic N) is 4. The van der Waals surface area contributed by atoms with Gasteiger partial charge in [0.25, 0.3) is 5.91 Å². The molecule has 1 aliphatic heterocycles. The molecular formula is C17H21N5O. The molecule has 0 aromatic carbocycles. The Morgan fingerprint density at radius 2 is 2.26 bits per heavy atom. The summed E-state index contributed by atoms with van der Waals surface area (Å²) in [5.41, 5.74) is 1.64. The Hall–Kier alpha value is -2.50. The topological polar surface area (TPSA) is 71.0 Å². The molecule has 6 nitrogen and oxygen atoms in total. The number of pyridine rings is 1. The monoisotopic (exact) mass is 311 g/mol. The summed E-state index contributed by atoms with van der Waals surface area (Å²) in [6.45, 7) is 1.58. The average Bonchev–Trinajstić information content (AvgIpc) is 2.63. The molecule has 1 amide bonds. The van der Waals surface area contributed by atoms with Crippen molar-refractivity contribution < 1.29 is 4.79 Å². The fourth-order valence-corrected chi connectivity index (χ4v) is 2.99. The van der Waals surface area contributed by atoms with Crippen molar-refractivity contribution in [2.75, 3.05) is 25.5 Å². The minimum atomic E-state index is 0.0689. The van der Waals surface area contributed by atoms with Gasteiger partial charge in [0.1, 0.15) is 5.82 Å². The van der Waals surface area contributed by atoms with Gasteiger partial charge >= 0.3 is 0 Å². The van der Waals surface area contributed by atoms with Gasteiger partial charge in [0, 0.05) is 32.5 Å². The Labute approximate surface area is 136 Å². The van der Waals surface area contributed by atoms with Crippen LogP contribution in [0.3, 0.4) is 0 Å². The van der Waals surface area contributed by atoms with E-state index in [1.807, 2.05) is 30.1 Å². The van der Waals surface area contributed by atoms with E-state index in [1.165, 1.54) is 0 Å². The smallest absolute Gasteiger partial charge is 0.255 e. The number of aromatic nitrogens is 3. The van der Waals surface area contributed by atoms with Gasteiger partial charge in [0.15, 0.2) is 0 Å². The molecule has 0 radical (unpaired) electrons. The van der Waals surface area contributed by atoms with Crippen LogP contribution in [0.4, 0.5) is 5.82 Å². The summed E-state index contributed by atoms with van der Waals surface area (Å²) in [5, 5.41) is 11.3. The largest absolute Gasteiger partial charge is 0.372 e. The highest BCUT2D eigenvalue weighted by Gasteiger charge is 2.25. The number of hydrogen-bond donors (Lipinski definition) is 1. The van der Waals surface area contributed by atoms with E-state index in [0.717, 1.165) is 43.9 Å². The Morgan fingerprint density at radius 3 is 2.96 bits per heavy atom. The first-order chi connectivity index (χ1) is 11.3. The van der Waals surface area contributed by atoms with E-state index in [0.29, 0.717) is 11.5 Å². The lowest BCUT2D eigenvalue weighted by Gasteiger charge is -2.32. The summed E-state index contributed by atoms with van der Waals surface area (Å²) in [5.74, 6) is 1.27. The van der Waals surface area contributed by atoms with E-state index in [1.54, 1.807) is 18.5 Å². The molecule has 6 heteroatoms. The van der Waals surface area contributed by atoms with Crippen LogP contribution < -0.4 is 5.32 Å². The molecule has 1 aliphatic rings. The maximum Gasteiger partial charge on any atom is 0.255 e. The SMILES string of the molecule is CNc1ccc(C[C@@H]2CCCN(C(=O)c3cccnc3)C2)nn1. The quantitative estimate of drug-likeness (QED) is 0.935. The second-order valence-electron chi connectivity index (χ2n) is 5.87. The summed E-state index contributed by atoms with van der Waals surface area (Å²) in [4.78, 5) is 18.5. The molecule has 1 saturated heterocycles. The minimum absolute atomic E-state index is 0.0689. The lowest BCUT2D eigenvalue weighted by molar-refractivity contribution is 0.0672. The van der Waals surface area contributed by atoms with Gasteiger partial charge in [0.2, 0.25) is 0 Å². The summed E-state index contributed by atoms with van der Waals surface area (Å²) in [6, 6.07) is 7.55. The number of anilines is 1. The van der Waals surface area contributed by atoms with Crippen molar-refractivity contribution in [3.63, 3.8) is 0 Å². The molecule has 1 N–H and O–H groups in total. The van der Waals surface area contributed by atoms with Crippen molar-refractivity contribution in [1.82, 2.24) is 20.1 Å². The van der Waals surface area contributed by atoms with Crippen LogP contribution in [0.1, 0.15) is 28.9 Å². The van der Waals surface area contributed by atoms with Crippen LogP contribution in [0.25, 0.3) is 0 Å². The van der Waals surface area contributed by atoms with Crippen LogP contribution in [0.2, 0.25) is 0 Å². The fourth-order valence-electron chi connectivity index (χ4n) is 2.99. The Balaban J connectivity index is 1.62. The Kier molecular flexibility index (Phi) is 4.80. The molecule has 0 bridgehead atoms. The third kappa shape index (κ3) is 3.83. The zero-order chi connectivity index (χ0) is 16.1. The van der Waals surface area contributed by atoms with Crippen LogP contribution in [0, 0.1) is 5.92 Å². The molecule has 0 saturated carbocycles. The van der Waals surface area contributed by atoms with Crippen molar-refractivity contribution in [2.45, 2.75) is 19.3 Å². The maximum absolute atomic E-state index is 12.5. The predicted molar refractivity (Wildman–Crippen MR) is 88.1 cm³/mol. The molecule has 0 aliphatic carbocycles. The fraction of sp³-hybridized carbons (Fsp3) is 0.412. The minimum Gasteiger partial charge on any atom is -0.372 e. The van der Waals surface area contributed by atoms with Crippen LogP contribution in [-0.2, 0) is 6.42 Å². The third-order valence-electron chi connectivity index (χ3n) is 4.19. The zero-order valence-corrected chi connectivity index (χ0v) is 13.3. The lowest BCUT2D eigenvalue weighted by Crippen LogP contribution is -2.40. The van der Waals surface area contributed by atoms with Gasteiger partial charge in [0.05, 0.1) is 11.3 Å². The molecule has 1 atom stereocenters. The van der Waals surface area contributed by atoms with E-state index < -0.39 is 0 Å². The van der Waals surface area contributed by atoms with Gasteiger partial charge in [-0.05, 0) is 49.4 Å². The first kappa shape index (κ1) is 15.4. The molecule has 2 aromatic heterocycles. The highest BCUT2D eigenvalue weighted by Crippen LogP contribution is 2.21. The number of hydrogen-bond acceptors (Lipinski definition) is 5. The van der Waals surface area contributed by atoms with Gasteiger partial charge in [-0.15, -0.1) is 5.10 Å². The Morgan fingerprint density at radius 1 is 1.35 bits per heavy atom. The van der Waals surface area contributed by atoms with Gasteiger partial charge in [-0.2, -0.15) is 5.10 Å². The van der Waals surface area contributed by atoms with Crippen LogP contribution in [0.15, 0.2) is 36.7 Å². The molecule has 3 heterocycles.